The summed E-state index contributed by atoms with van der Waals surface area (Å²) in [6, 6.07) is 10.1. The monoisotopic (exact) mass is 1070 g/mol. The summed E-state index contributed by atoms with van der Waals surface area (Å²) in [7, 11) is 0. The molecular formula is C51H52BrF2N15O5. The van der Waals surface area contributed by atoms with E-state index in [1.165, 1.54) is 22.3 Å². The number of amides is 2. The number of carbonyl (C=O) groups excluding carboxylic acids is 2. The van der Waals surface area contributed by atoms with E-state index in [0.717, 1.165) is 34.6 Å². The molecule has 2 fully saturated rings. The summed E-state index contributed by atoms with van der Waals surface area (Å²) in [5.74, 6) is -1.21. The second-order valence-electron chi connectivity index (χ2n) is 18.9. The highest BCUT2D eigenvalue weighted by Crippen LogP contribution is 2.37. The molecule has 0 bridgehead atoms. The van der Waals surface area contributed by atoms with Crippen molar-refractivity contribution in [1.29, 1.82) is 0 Å². The average molecular weight is 1070 g/mol. The molecule has 8 heterocycles. The maximum atomic E-state index is 16.3. The number of benzene rings is 2. The van der Waals surface area contributed by atoms with Gasteiger partial charge in [-0.05, 0) is 103 Å². The number of aromatic nitrogens is 10. The molecule has 0 aliphatic carbocycles. The van der Waals surface area contributed by atoms with Crippen molar-refractivity contribution in [2.75, 3.05) is 67.5 Å². The first-order valence-electron chi connectivity index (χ1n) is 24.0. The van der Waals surface area contributed by atoms with Gasteiger partial charge in [0, 0.05) is 63.6 Å². The van der Waals surface area contributed by atoms with Crippen molar-refractivity contribution in [3.8, 4) is 22.7 Å². The van der Waals surface area contributed by atoms with Crippen LogP contribution in [0.2, 0.25) is 0 Å². The fourth-order valence-electron chi connectivity index (χ4n) is 9.47. The van der Waals surface area contributed by atoms with Crippen molar-refractivity contribution >= 4 is 73.4 Å². The number of aromatic hydroxyl groups is 1. The summed E-state index contributed by atoms with van der Waals surface area (Å²) in [5, 5.41) is 18.6. The molecule has 2 aliphatic heterocycles. The van der Waals surface area contributed by atoms with Gasteiger partial charge in [0.1, 0.15) is 35.5 Å². The zero-order chi connectivity index (χ0) is 52.3. The van der Waals surface area contributed by atoms with Crippen molar-refractivity contribution in [2.45, 2.75) is 60.0 Å². The Morgan fingerprint density at radius 1 is 0.932 bits per heavy atom. The topological polar surface area (TPSA) is 221 Å². The Balaban J connectivity index is 0.797. The smallest absolute Gasteiger partial charge is 0.410 e. The Morgan fingerprint density at radius 2 is 1.69 bits per heavy atom. The number of phenolic OH excluding ortho intramolecular Hbond substituents is 1. The Morgan fingerprint density at radius 3 is 2.43 bits per heavy atom. The highest BCUT2D eigenvalue weighted by Gasteiger charge is 2.33. The van der Waals surface area contributed by atoms with Crippen LogP contribution < -0.4 is 20.8 Å². The molecule has 0 spiro atoms. The van der Waals surface area contributed by atoms with Gasteiger partial charge in [-0.3, -0.25) is 9.78 Å². The number of piperazine rings is 2. The van der Waals surface area contributed by atoms with Crippen LogP contribution in [-0.2, 0) is 16.1 Å². The summed E-state index contributed by atoms with van der Waals surface area (Å²) in [5.41, 5.74) is 4.70. The van der Waals surface area contributed by atoms with Crippen molar-refractivity contribution < 1.29 is 28.2 Å². The van der Waals surface area contributed by atoms with Crippen molar-refractivity contribution in [2.24, 2.45) is 0 Å². The van der Waals surface area contributed by atoms with E-state index in [-0.39, 0.29) is 54.6 Å². The normalized spacial score (nSPS) is 15.2. The lowest BCUT2D eigenvalue weighted by atomic mass is 10.0. The van der Waals surface area contributed by atoms with E-state index < -0.39 is 52.4 Å². The van der Waals surface area contributed by atoms with Gasteiger partial charge in [0.05, 0.1) is 50.6 Å². The number of nitrogens with zero attached hydrogens (tertiary/aromatic N) is 13. The zero-order valence-electron chi connectivity index (χ0n) is 41.4. The number of halogens is 3. The van der Waals surface area contributed by atoms with Gasteiger partial charge in [0.2, 0.25) is 11.9 Å². The van der Waals surface area contributed by atoms with E-state index in [4.69, 9.17) is 19.7 Å². The van der Waals surface area contributed by atoms with Crippen LogP contribution in [0, 0.1) is 32.4 Å². The number of carbonyl (C=O) groups is 2. The van der Waals surface area contributed by atoms with Crippen LogP contribution in [0.15, 0.2) is 76.3 Å². The number of nitrogens with one attached hydrogen (secondary N) is 2. The first kappa shape index (κ1) is 49.5. The van der Waals surface area contributed by atoms with Crippen molar-refractivity contribution in [1.82, 2.24) is 58.9 Å². The molecule has 0 radical (unpaired) electrons. The molecule has 3 N–H and O–H groups in total. The summed E-state index contributed by atoms with van der Waals surface area (Å²) in [6.45, 7) is 17.4. The molecule has 10 rings (SSSR count). The van der Waals surface area contributed by atoms with Crippen LogP contribution in [0.3, 0.4) is 0 Å². The molecule has 2 aliphatic rings. The van der Waals surface area contributed by atoms with Gasteiger partial charge in [0.15, 0.2) is 17.1 Å². The number of aromatic amines is 1. The van der Waals surface area contributed by atoms with E-state index >= 15 is 8.78 Å². The molecule has 2 amide bonds. The molecule has 20 nitrogen and oxygen atoms in total. The lowest BCUT2D eigenvalue weighted by molar-refractivity contribution is -0.128. The molecule has 8 aromatic rings. The summed E-state index contributed by atoms with van der Waals surface area (Å²) in [4.78, 5) is 79.8. The van der Waals surface area contributed by atoms with Gasteiger partial charge in [-0.25, -0.2) is 32.9 Å². The van der Waals surface area contributed by atoms with Crippen molar-refractivity contribution in [3.63, 3.8) is 0 Å². The largest absolute Gasteiger partial charge is 0.507 e. The lowest BCUT2D eigenvalue weighted by Gasteiger charge is -2.41. The van der Waals surface area contributed by atoms with E-state index in [1.807, 2.05) is 25.7 Å². The van der Waals surface area contributed by atoms with E-state index in [1.54, 1.807) is 44.6 Å². The van der Waals surface area contributed by atoms with Crippen LogP contribution in [0.5, 0.6) is 5.75 Å². The highest BCUT2D eigenvalue weighted by atomic mass is 79.9. The van der Waals surface area contributed by atoms with E-state index in [2.05, 4.69) is 78.8 Å². The molecule has 382 valence electrons. The SMILES string of the molecule is C=C(COC(=O)N1CCN(c2nc(NCc3nc4cc(C)c(C)cc4[nH]3)n3ncc(Br)c3n2)CC1)C(=O)N1CCN(c2nc(=O)n(-c3c(C)ccnc3C(C)C)c3nc(-c4c(O)cccc4F)c(F)cc23)[C@@H](C)C1. The number of pyridine rings is 2. The number of aryl methyl sites for hydroxylation is 3. The molecule has 2 saturated heterocycles. The first-order valence-corrected chi connectivity index (χ1v) is 24.8. The number of H-pyrrole nitrogens is 1. The van der Waals surface area contributed by atoms with Crippen LogP contribution in [-0.4, -0.2) is 134 Å². The molecule has 23 heteroatoms. The molecule has 1 atom stereocenters. The first-order chi connectivity index (χ1) is 35.4. The maximum absolute atomic E-state index is 16.3. The number of rotatable bonds is 11. The Labute approximate surface area is 430 Å². The minimum Gasteiger partial charge on any atom is -0.507 e. The predicted molar refractivity (Wildman–Crippen MR) is 278 cm³/mol. The van der Waals surface area contributed by atoms with Gasteiger partial charge in [-0.15, -0.1) is 0 Å². The quantitative estimate of drug-likeness (QED) is 0.110. The van der Waals surface area contributed by atoms with Crippen LogP contribution in [0.1, 0.15) is 54.9 Å². The number of hydrogen-bond donors (Lipinski definition) is 3. The Hall–Kier alpha value is -8.08. The number of imidazole rings is 1. The highest BCUT2D eigenvalue weighted by molar-refractivity contribution is 9.10. The third kappa shape index (κ3) is 9.19. The number of phenols is 1. The summed E-state index contributed by atoms with van der Waals surface area (Å²) in [6.07, 6.45) is 2.68. The van der Waals surface area contributed by atoms with Gasteiger partial charge in [-0.2, -0.15) is 24.6 Å². The molecule has 2 aromatic carbocycles. The van der Waals surface area contributed by atoms with Gasteiger partial charge >= 0.3 is 11.8 Å². The fraction of sp³-hybridized carbons (Fsp3) is 0.333. The number of hydrogen-bond acceptors (Lipinski definition) is 15. The molecule has 6 aromatic heterocycles. The Kier molecular flexibility index (Phi) is 13.2. The second-order valence-corrected chi connectivity index (χ2v) is 19.7. The number of anilines is 3. The average Bonchev–Trinajstić information content (AvgIpc) is 3.97. The number of fused-ring (bicyclic) bond motifs is 3. The second kappa shape index (κ2) is 19.7. The minimum atomic E-state index is -0.953. The zero-order valence-corrected chi connectivity index (χ0v) is 43.0. The van der Waals surface area contributed by atoms with E-state index in [9.17, 15) is 19.5 Å². The third-order valence-electron chi connectivity index (χ3n) is 13.5. The van der Waals surface area contributed by atoms with E-state index in [0.29, 0.717) is 71.7 Å². The Bertz CT molecular complexity index is 3570. The molecule has 0 saturated carbocycles. The lowest BCUT2D eigenvalue weighted by Crippen LogP contribution is -2.55. The van der Waals surface area contributed by atoms with Crippen LogP contribution >= 0.6 is 15.9 Å². The molecular weight excluding hydrogens is 1020 g/mol. The van der Waals surface area contributed by atoms with Gasteiger partial charge < -0.3 is 39.7 Å². The maximum Gasteiger partial charge on any atom is 0.410 e. The van der Waals surface area contributed by atoms with Gasteiger partial charge in [-0.1, -0.05) is 26.5 Å². The van der Waals surface area contributed by atoms with Gasteiger partial charge in [0.25, 0.3) is 5.91 Å². The molecule has 74 heavy (non-hydrogen) atoms. The van der Waals surface area contributed by atoms with Crippen molar-refractivity contribution in [3.05, 3.63) is 122 Å². The predicted octanol–water partition coefficient (Wildman–Crippen LogP) is 7.12. The molecule has 0 unspecified atom stereocenters. The fourth-order valence-corrected chi connectivity index (χ4v) is 9.82. The van der Waals surface area contributed by atoms with Crippen LogP contribution in [0.25, 0.3) is 44.7 Å². The third-order valence-corrected chi connectivity index (χ3v) is 14.1. The number of ether oxygens (including phenoxy) is 1. The summed E-state index contributed by atoms with van der Waals surface area (Å²) < 4.78 is 40.7. The standard InChI is InChI=1S/C51H52BrF2N15O5/c1-26(2)41-43(27(3)11-12-55-41)68-45-32(21-35(54)42(60-45)40-34(53)9-8-10-38(40)70)44(62-50(68)72)67-18-17-66(24-31(67)7)47(71)30(6)25-74-51(73)65-15-13-64(14-16-65)49-61-46-33(52)22-57-69(46)48(63-49)56-23-39-58-36-19-28(4)29(5)20-37(36)59-39/h8-12,19-22,26,31,70H,6,13-18,23-25H2,1-5,7H3,(H,58,59)(H,56,61,63)/t31-/m0/s1. The van der Waals surface area contributed by atoms with Crippen LogP contribution in [0.4, 0.5) is 31.3 Å². The minimum absolute atomic E-state index is 0.0281. The summed E-state index contributed by atoms with van der Waals surface area (Å²) >= 11 is 3.55.